The van der Waals surface area contributed by atoms with E-state index in [-0.39, 0.29) is 5.75 Å². The Kier molecular flexibility index (Phi) is 3.80. The van der Waals surface area contributed by atoms with Gasteiger partial charge in [-0.1, -0.05) is 6.07 Å². The van der Waals surface area contributed by atoms with Crippen LogP contribution in [0.4, 0.5) is 8.78 Å². The summed E-state index contributed by atoms with van der Waals surface area (Å²) < 4.78 is 52.2. The van der Waals surface area contributed by atoms with Crippen molar-refractivity contribution in [2.24, 2.45) is 5.41 Å². The van der Waals surface area contributed by atoms with Gasteiger partial charge in [-0.05, 0) is 37.5 Å². The number of rotatable bonds is 5. The molecule has 0 bridgehead atoms. The Morgan fingerprint density at radius 2 is 2.05 bits per heavy atom. The van der Waals surface area contributed by atoms with Crippen molar-refractivity contribution in [2.45, 2.75) is 25.8 Å². The first kappa shape index (κ1) is 14.9. The second-order valence-electron chi connectivity index (χ2n) is 5.16. The van der Waals surface area contributed by atoms with Crippen molar-refractivity contribution >= 4 is 10.0 Å². The molecule has 0 spiro atoms. The highest BCUT2D eigenvalue weighted by Crippen LogP contribution is 2.45. The van der Waals surface area contributed by atoms with Crippen molar-refractivity contribution in [1.82, 2.24) is 4.72 Å². The van der Waals surface area contributed by atoms with Crippen molar-refractivity contribution in [3.63, 3.8) is 0 Å². The second kappa shape index (κ2) is 5.11. The zero-order valence-electron chi connectivity index (χ0n) is 10.9. The maximum absolute atomic E-state index is 13.1. The fraction of sp³-hybridized carbons (Fsp3) is 0.462. The molecule has 1 atom stereocenters. The molecular weight excluding hydrogens is 286 g/mol. The summed E-state index contributed by atoms with van der Waals surface area (Å²) in [5.41, 5.74) is -0.450. The Bertz CT molecular complexity index is 663. The van der Waals surface area contributed by atoms with Crippen LogP contribution in [-0.2, 0) is 10.0 Å². The molecule has 0 aliphatic heterocycles. The first-order chi connectivity index (χ1) is 9.27. The zero-order chi connectivity index (χ0) is 15.0. The summed E-state index contributed by atoms with van der Waals surface area (Å²) in [5, 5.41) is 8.90. The molecule has 1 aromatic carbocycles. The van der Waals surface area contributed by atoms with E-state index in [4.69, 9.17) is 5.26 Å². The zero-order valence-corrected chi connectivity index (χ0v) is 11.7. The van der Waals surface area contributed by atoms with E-state index in [2.05, 4.69) is 4.72 Å². The van der Waals surface area contributed by atoms with Gasteiger partial charge in [0.25, 0.3) is 0 Å². The summed E-state index contributed by atoms with van der Waals surface area (Å²) in [5.74, 6) is -2.26. The van der Waals surface area contributed by atoms with E-state index in [1.807, 2.05) is 6.07 Å². The van der Waals surface area contributed by atoms with Crippen molar-refractivity contribution < 1.29 is 17.2 Å². The molecule has 2 rings (SSSR count). The summed E-state index contributed by atoms with van der Waals surface area (Å²) in [6.07, 6.45) is 1.15. The van der Waals surface area contributed by atoms with E-state index in [1.54, 1.807) is 0 Å². The average Bonchev–Trinajstić information content (AvgIpc) is 3.11. The lowest BCUT2D eigenvalue weighted by Crippen LogP contribution is -2.32. The molecule has 0 aromatic heterocycles. The number of hydrogen-bond donors (Lipinski definition) is 1. The minimum atomic E-state index is -3.65. The third kappa shape index (κ3) is 3.32. The van der Waals surface area contributed by atoms with Crippen LogP contribution in [0.1, 0.15) is 31.4 Å². The molecule has 0 saturated heterocycles. The summed E-state index contributed by atoms with van der Waals surface area (Å²) in [6, 6.07) is 4.55. The van der Waals surface area contributed by atoms with Gasteiger partial charge in [-0.2, -0.15) is 5.26 Å². The Labute approximate surface area is 116 Å². The molecule has 1 fully saturated rings. The van der Waals surface area contributed by atoms with Crippen LogP contribution in [-0.4, -0.2) is 14.2 Å². The number of nitriles is 1. The van der Waals surface area contributed by atoms with Gasteiger partial charge in [-0.3, -0.25) is 0 Å². The standard InChI is InChI=1S/C13H14F2N2O2S/c1-9(10-2-3-11(14)12(15)6-10)17-20(18,19)8-13(7-16)4-5-13/h2-3,6,9,17H,4-5,8H2,1H3. The van der Waals surface area contributed by atoms with E-state index < -0.39 is 33.1 Å². The monoisotopic (exact) mass is 300 g/mol. The van der Waals surface area contributed by atoms with Gasteiger partial charge in [-0.15, -0.1) is 0 Å². The smallest absolute Gasteiger partial charge is 0.212 e. The highest BCUT2D eigenvalue weighted by molar-refractivity contribution is 7.89. The number of nitrogens with zero attached hydrogens (tertiary/aromatic N) is 1. The third-order valence-corrected chi connectivity index (χ3v) is 5.00. The first-order valence-electron chi connectivity index (χ1n) is 6.13. The topological polar surface area (TPSA) is 70.0 Å². The van der Waals surface area contributed by atoms with Gasteiger partial charge in [0.05, 0.1) is 17.2 Å². The highest BCUT2D eigenvalue weighted by atomic mass is 32.2. The summed E-state index contributed by atoms with van der Waals surface area (Å²) in [4.78, 5) is 0. The molecule has 0 radical (unpaired) electrons. The molecule has 20 heavy (non-hydrogen) atoms. The van der Waals surface area contributed by atoms with Gasteiger partial charge < -0.3 is 0 Å². The number of benzene rings is 1. The fourth-order valence-electron chi connectivity index (χ4n) is 1.96. The molecular formula is C13H14F2N2O2S. The normalized spacial score (nSPS) is 18.3. The molecule has 1 aliphatic rings. The Balaban J connectivity index is 2.09. The van der Waals surface area contributed by atoms with Crippen LogP contribution >= 0.6 is 0 Å². The van der Waals surface area contributed by atoms with Crippen molar-refractivity contribution in [3.05, 3.63) is 35.4 Å². The molecule has 1 N–H and O–H groups in total. The van der Waals surface area contributed by atoms with E-state index in [9.17, 15) is 17.2 Å². The maximum atomic E-state index is 13.1. The Hall–Kier alpha value is -1.52. The SMILES string of the molecule is CC(NS(=O)(=O)CC1(C#N)CC1)c1ccc(F)c(F)c1. The van der Waals surface area contributed by atoms with Gasteiger partial charge >= 0.3 is 0 Å². The summed E-state index contributed by atoms with van der Waals surface area (Å²) in [7, 11) is -3.65. The molecule has 1 unspecified atom stereocenters. The number of sulfonamides is 1. The Morgan fingerprint density at radius 3 is 2.55 bits per heavy atom. The van der Waals surface area contributed by atoms with Crippen LogP contribution in [0.5, 0.6) is 0 Å². The number of halogens is 2. The molecule has 7 heteroatoms. The van der Waals surface area contributed by atoms with Crippen LogP contribution < -0.4 is 4.72 Å². The Morgan fingerprint density at radius 1 is 1.40 bits per heavy atom. The van der Waals surface area contributed by atoms with Crippen molar-refractivity contribution in [3.8, 4) is 6.07 Å². The van der Waals surface area contributed by atoms with Crippen LogP contribution in [0, 0.1) is 28.4 Å². The molecule has 1 aliphatic carbocycles. The summed E-state index contributed by atoms with van der Waals surface area (Å²) >= 11 is 0. The first-order valence-corrected chi connectivity index (χ1v) is 7.78. The van der Waals surface area contributed by atoms with Crippen LogP contribution in [0.3, 0.4) is 0 Å². The van der Waals surface area contributed by atoms with E-state index >= 15 is 0 Å². The molecule has 0 amide bonds. The summed E-state index contributed by atoms with van der Waals surface area (Å²) in [6.45, 7) is 1.54. The van der Waals surface area contributed by atoms with Crippen molar-refractivity contribution in [2.75, 3.05) is 5.75 Å². The average molecular weight is 300 g/mol. The number of hydrogen-bond acceptors (Lipinski definition) is 3. The van der Waals surface area contributed by atoms with E-state index in [0.717, 1.165) is 12.1 Å². The predicted molar refractivity (Wildman–Crippen MR) is 69.0 cm³/mol. The predicted octanol–water partition coefficient (Wildman–Crippen LogP) is 2.25. The van der Waals surface area contributed by atoms with Gasteiger partial charge in [0.15, 0.2) is 11.6 Å². The lowest BCUT2D eigenvalue weighted by atomic mass is 10.1. The van der Waals surface area contributed by atoms with Crippen LogP contribution in [0.25, 0.3) is 0 Å². The second-order valence-corrected chi connectivity index (χ2v) is 6.92. The van der Waals surface area contributed by atoms with Crippen molar-refractivity contribution in [1.29, 1.82) is 5.26 Å². The van der Waals surface area contributed by atoms with Gasteiger partial charge in [0.2, 0.25) is 10.0 Å². The molecule has 1 saturated carbocycles. The fourth-order valence-corrected chi connectivity index (χ4v) is 3.80. The largest absolute Gasteiger partial charge is 0.213 e. The van der Waals surface area contributed by atoms with Gasteiger partial charge in [0.1, 0.15) is 0 Å². The minimum Gasteiger partial charge on any atom is -0.212 e. The van der Waals surface area contributed by atoms with Crippen LogP contribution in [0.2, 0.25) is 0 Å². The maximum Gasteiger partial charge on any atom is 0.213 e. The molecule has 108 valence electrons. The minimum absolute atomic E-state index is 0.259. The van der Waals surface area contributed by atoms with E-state index in [0.29, 0.717) is 18.4 Å². The van der Waals surface area contributed by atoms with Gasteiger partial charge in [-0.25, -0.2) is 21.9 Å². The lowest BCUT2D eigenvalue weighted by molar-refractivity contribution is 0.504. The molecule has 0 heterocycles. The van der Waals surface area contributed by atoms with Gasteiger partial charge in [0, 0.05) is 6.04 Å². The van der Waals surface area contributed by atoms with E-state index in [1.165, 1.54) is 13.0 Å². The quantitative estimate of drug-likeness (QED) is 0.906. The molecule has 4 nitrogen and oxygen atoms in total. The highest BCUT2D eigenvalue weighted by Gasteiger charge is 2.47. The lowest BCUT2D eigenvalue weighted by Gasteiger charge is -2.16. The third-order valence-electron chi connectivity index (χ3n) is 3.36. The number of nitrogens with one attached hydrogen (secondary N) is 1. The molecule has 1 aromatic rings. The van der Waals surface area contributed by atoms with Crippen LogP contribution in [0.15, 0.2) is 18.2 Å².